The molecule has 1 aliphatic rings. The number of nitrogen functional groups attached to an aromatic ring is 1. The number of pyridine rings is 1. The molecule has 0 atom stereocenters. The molecule has 3 amide bonds. The molecule has 0 saturated carbocycles. The van der Waals surface area contributed by atoms with Crippen molar-refractivity contribution in [1.82, 2.24) is 14.8 Å². The Kier molecular flexibility index (Phi) is 10.7. The third kappa shape index (κ3) is 8.69. The number of carbonyl (C=O) groups excluding carboxylic acids is 2. The Morgan fingerprint density at radius 3 is 2.48 bits per heavy atom. The number of anilines is 3. The first-order valence-corrected chi connectivity index (χ1v) is 13.6. The van der Waals surface area contributed by atoms with Gasteiger partial charge < -0.3 is 30.7 Å². The van der Waals surface area contributed by atoms with Gasteiger partial charge in [0.1, 0.15) is 5.75 Å². The molecule has 0 unspecified atom stereocenters. The Balaban J connectivity index is 1.35. The summed E-state index contributed by atoms with van der Waals surface area (Å²) in [5, 5.41) is 5.78. The number of nitrogens with zero attached hydrogens (tertiary/aromatic N) is 3. The number of methoxy groups -OCH3 is 1. The summed E-state index contributed by atoms with van der Waals surface area (Å²) in [7, 11) is 1.60. The van der Waals surface area contributed by atoms with E-state index in [1.54, 1.807) is 48.4 Å². The number of ether oxygens (including phenoxy) is 2. The van der Waals surface area contributed by atoms with Crippen molar-refractivity contribution in [2.45, 2.75) is 25.8 Å². The van der Waals surface area contributed by atoms with Crippen molar-refractivity contribution in [3.05, 3.63) is 78.1 Å². The lowest BCUT2D eigenvalue weighted by Crippen LogP contribution is -2.37. The van der Waals surface area contributed by atoms with Crippen LogP contribution in [0.4, 0.5) is 21.9 Å². The minimum absolute atomic E-state index is 0.207. The second-order valence-electron chi connectivity index (χ2n) is 9.67. The molecule has 40 heavy (non-hydrogen) atoms. The van der Waals surface area contributed by atoms with Crippen molar-refractivity contribution in [1.29, 1.82) is 0 Å². The molecule has 0 aliphatic carbocycles. The third-order valence-corrected chi connectivity index (χ3v) is 6.78. The molecule has 2 aromatic carbocycles. The number of morpholine rings is 1. The van der Waals surface area contributed by atoms with Crippen molar-refractivity contribution in [2.24, 2.45) is 0 Å². The topological polar surface area (TPSA) is 122 Å². The van der Waals surface area contributed by atoms with Crippen LogP contribution in [-0.4, -0.2) is 73.2 Å². The number of nitrogens with one attached hydrogen (secondary N) is 2. The largest absolute Gasteiger partial charge is 0.497 e. The van der Waals surface area contributed by atoms with Gasteiger partial charge in [-0.2, -0.15) is 0 Å². The van der Waals surface area contributed by atoms with Crippen LogP contribution in [0.25, 0.3) is 0 Å². The lowest BCUT2D eigenvalue weighted by Gasteiger charge is -2.26. The second-order valence-corrected chi connectivity index (χ2v) is 9.67. The first kappa shape index (κ1) is 28.8. The minimum atomic E-state index is -0.300. The van der Waals surface area contributed by atoms with Crippen molar-refractivity contribution >= 4 is 29.0 Å². The molecule has 10 nitrogen and oxygen atoms in total. The van der Waals surface area contributed by atoms with Crippen LogP contribution in [0.5, 0.6) is 5.75 Å². The van der Waals surface area contributed by atoms with Crippen LogP contribution in [0.15, 0.2) is 66.9 Å². The smallest absolute Gasteiger partial charge is 0.322 e. The van der Waals surface area contributed by atoms with E-state index in [1.807, 2.05) is 24.3 Å². The fraction of sp³-hybridized carbons (Fsp3) is 0.367. The molecular weight excluding hydrogens is 508 g/mol. The Morgan fingerprint density at radius 1 is 1.00 bits per heavy atom. The van der Waals surface area contributed by atoms with Crippen LogP contribution in [0.3, 0.4) is 0 Å². The van der Waals surface area contributed by atoms with Gasteiger partial charge in [-0.1, -0.05) is 18.6 Å². The Labute approximate surface area is 235 Å². The van der Waals surface area contributed by atoms with Gasteiger partial charge in [-0.05, 0) is 67.9 Å². The number of benzene rings is 2. The SMILES string of the molecule is COc1ccc(NC(=O)N(CCCCCN2CCOCC2)Cc2ccc(C(=O)Nc3ccccc3N)cn2)cc1. The predicted molar refractivity (Wildman–Crippen MR) is 157 cm³/mol. The molecular formula is C30H38N6O4. The van der Waals surface area contributed by atoms with Crippen molar-refractivity contribution in [3.63, 3.8) is 0 Å². The highest BCUT2D eigenvalue weighted by molar-refractivity contribution is 6.05. The summed E-state index contributed by atoms with van der Waals surface area (Å²) in [6.45, 7) is 5.51. The number of urea groups is 1. The maximum absolute atomic E-state index is 13.3. The summed E-state index contributed by atoms with van der Waals surface area (Å²) < 4.78 is 10.6. The zero-order valence-corrected chi connectivity index (χ0v) is 23.0. The third-order valence-electron chi connectivity index (χ3n) is 6.78. The van der Waals surface area contributed by atoms with Crippen LogP contribution in [0, 0.1) is 0 Å². The summed E-state index contributed by atoms with van der Waals surface area (Å²) in [4.78, 5) is 34.6. The molecule has 4 rings (SSSR count). The van der Waals surface area contributed by atoms with E-state index >= 15 is 0 Å². The van der Waals surface area contributed by atoms with Gasteiger partial charge in [0, 0.05) is 31.5 Å². The number of rotatable bonds is 12. The monoisotopic (exact) mass is 546 g/mol. The van der Waals surface area contributed by atoms with E-state index in [0.717, 1.165) is 57.9 Å². The summed E-state index contributed by atoms with van der Waals surface area (Å²) in [5.41, 5.74) is 8.75. The van der Waals surface area contributed by atoms with E-state index in [1.165, 1.54) is 6.20 Å². The standard InChI is InChI=1S/C30H38N6O4/c1-39-26-13-11-24(12-14-26)33-30(38)36(16-6-2-5-15-35-17-19-40-20-18-35)22-25-10-9-23(21-32-25)29(37)34-28-8-4-3-7-27(28)31/h3-4,7-14,21H,2,5-6,15-20,22,31H2,1H3,(H,33,38)(H,34,37). The summed E-state index contributed by atoms with van der Waals surface area (Å²) >= 11 is 0. The zero-order valence-electron chi connectivity index (χ0n) is 23.0. The predicted octanol–water partition coefficient (Wildman–Crippen LogP) is 4.46. The van der Waals surface area contributed by atoms with Gasteiger partial charge in [-0.15, -0.1) is 0 Å². The first-order chi connectivity index (χ1) is 19.5. The van der Waals surface area contributed by atoms with Crippen LogP contribution < -0.4 is 21.1 Å². The van der Waals surface area contributed by atoms with E-state index in [0.29, 0.717) is 41.4 Å². The number of amides is 3. The van der Waals surface area contributed by atoms with Gasteiger partial charge in [0.2, 0.25) is 0 Å². The highest BCUT2D eigenvalue weighted by Crippen LogP contribution is 2.19. The van der Waals surface area contributed by atoms with Gasteiger partial charge in [0.05, 0.1) is 49.5 Å². The minimum Gasteiger partial charge on any atom is -0.497 e. The maximum atomic E-state index is 13.3. The summed E-state index contributed by atoms with van der Waals surface area (Å²) in [6.07, 6.45) is 4.48. The number of hydrogen-bond donors (Lipinski definition) is 3. The van der Waals surface area contributed by atoms with Crippen LogP contribution >= 0.6 is 0 Å². The van der Waals surface area contributed by atoms with Crippen molar-refractivity contribution in [2.75, 3.05) is 62.9 Å². The average molecular weight is 547 g/mol. The first-order valence-electron chi connectivity index (χ1n) is 13.6. The number of carbonyl (C=O) groups is 2. The normalized spacial score (nSPS) is 13.4. The lowest BCUT2D eigenvalue weighted by atomic mass is 10.2. The molecule has 1 fully saturated rings. The Bertz CT molecular complexity index is 1230. The van der Waals surface area contributed by atoms with E-state index in [4.69, 9.17) is 15.2 Å². The van der Waals surface area contributed by atoms with E-state index in [2.05, 4.69) is 20.5 Å². The van der Waals surface area contributed by atoms with Gasteiger partial charge >= 0.3 is 6.03 Å². The maximum Gasteiger partial charge on any atom is 0.322 e. The quantitative estimate of drug-likeness (QED) is 0.226. The van der Waals surface area contributed by atoms with E-state index in [9.17, 15) is 9.59 Å². The molecule has 0 spiro atoms. The van der Waals surface area contributed by atoms with Crippen LogP contribution in [-0.2, 0) is 11.3 Å². The molecule has 1 aliphatic heterocycles. The van der Waals surface area contributed by atoms with Crippen LogP contribution in [0.2, 0.25) is 0 Å². The fourth-order valence-electron chi connectivity index (χ4n) is 4.42. The second kappa shape index (κ2) is 14.9. The van der Waals surface area contributed by atoms with Crippen LogP contribution in [0.1, 0.15) is 35.3 Å². The molecule has 4 N–H and O–H groups in total. The molecule has 0 radical (unpaired) electrons. The molecule has 1 aromatic heterocycles. The van der Waals surface area contributed by atoms with E-state index < -0.39 is 0 Å². The van der Waals surface area contributed by atoms with Gasteiger partial charge in [0.15, 0.2) is 0 Å². The van der Waals surface area contributed by atoms with Gasteiger partial charge in [-0.25, -0.2) is 4.79 Å². The number of unbranched alkanes of at least 4 members (excludes halogenated alkanes) is 2. The fourth-order valence-corrected chi connectivity index (χ4v) is 4.42. The zero-order chi connectivity index (χ0) is 28.2. The highest BCUT2D eigenvalue weighted by atomic mass is 16.5. The average Bonchev–Trinajstić information content (AvgIpc) is 2.98. The van der Waals surface area contributed by atoms with Gasteiger partial charge in [0.25, 0.3) is 5.91 Å². The Morgan fingerprint density at radius 2 is 1.77 bits per heavy atom. The lowest BCUT2D eigenvalue weighted by molar-refractivity contribution is 0.0371. The molecule has 1 saturated heterocycles. The number of nitrogens with two attached hydrogens (primary N) is 1. The van der Waals surface area contributed by atoms with E-state index in [-0.39, 0.29) is 11.9 Å². The number of hydrogen-bond acceptors (Lipinski definition) is 7. The Hall–Kier alpha value is -4.15. The molecule has 0 bridgehead atoms. The molecule has 212 valence electrons. The highest BCUT2D eigenvalue weighted by Gasteiger charge is 2.16. The molecule has 10 heteroatoms. The number of para-hydroxylation sites is 2. The molecule has 3 aromatic rings. The van der Waals surface area contributed by atoms with Crippen molar-refractivity contribution < 1.29 is 19.1 Å². The summed E-state index contributed by atoms with van der Waals surface area (Å²) in [6, 6.07) is 17.6. The number of aromatic nitrogens is 1. The summed E-state index contributed by atoms with van der Waals surface area (Å²) in [5.74, 6) is 0.421. The van der Waals surface area contributed by atoms with Gasteiger partial charge in [-0.3, -0.25) is 14.7 Å². The molecule has 2 heterocycles. The van der Waals surface area contributed by atoms with Crippen molar-refractivity contribution in [3.8, 4) is 5.75 Å².